The van der Waals surface area contributed by atoms with Gasteiger partial charge in [-0.15, -0.1) is 6.58 Å². The molecule has 0 aliphatic rings. The van der Waals surface area contributed by atoms with Gasteiger partial charge in [-0.1, -0.05) is 30.3 Å². The van der Waals surface area contributed by atoms with E-state index in [1.54, 1.807) is 0 Å². The highest BCUT2D eigenvalue weighted by molar-refractivity contribution is 5.46. The van der Waals surface area contributed by atoms with Crippen molar-refractivity contribution in [2.24, 2.45) is 0 Å². The van der Waals surface area contributed by atoms with E-state index in [2.05, 4.69) is 11.9 Å². The second-order valence-corrected chi connectivity index (χ2v) is 2.81. The first-order chi connectivity index (χ1) is 6.36. The highest BCUT2D eigenvalue weighted by atomic mass is 16.1. The third-order valence-electron chi connectivity index (χ3n) is 1.79. The highest BCUT2D eigenvalue weighted by Gasteiger charge is 1.91. The minimum atomic E-state index is 0.595. The fraction of sp³-hybridized carbons (Fsp3) is 0.182. The third-order valence-corrected chi connectivity index (χ3v) is 1.79. The van der Waals surface area contributed by atoms with Crippen molar-refractivity contribution in [1.82, 2.24) is 5.32 Å². The smallest absolute Gasteiger partial charge is 0.207 e. The molecule has 0 aromatic heterocycles. The van der Waals surface area contributed by atoms with Gasteiger partial charge in [0.1, 0.15) is 0 Å². The number of carbonyl (C=O) groups excluding carboxylic acids is 1. The highest BCUT2D eigenvalue weighted by Crippen LogP contribution is 2.04. The second-order valence-electron chi connectivity index (χ2n) is 2.81. The molecule has 0 saturated heterocycles. The normalized spacial score (nSPS) is 9.23. The molecule has 1 amide bonds. The lowest BCUT2D eigenvalue weighted by Crippen LogP contribution is -2.09. The fourth-order valence-corrected chi connectivity index (χ4v) is 1.12. The summed E-state index contributed by atoms with van der Waals surface area (Å²) in [4.78, 5) is 10.0. The molecule has 0 saturated carbocycles. The zero-order valence-electron chi connectivity index (χ0n) is 7.49. The Labute approximate surface area is 78.3 Å². The Morgan fingerprint density at radius 1 is 1.23 bits per heavy atom. The van der Waals surface area contributed by atoms with E-state index in [0.717, 1.165) is 12.0 Å². The summed E-state index contributed by atoms with van der Waals surface area (Å²) in [6.07, 6.45) is 3.47. The molecule has 0 bridgehead atoms. The molecular weight excluding hydrogens is 162 g/mol. The van der Waals surface area contributed by atoms with Crippen molar-refractivity contribution in [2.45, 2.75) is 13.0 Å². The number of allylic oxidation sites excluding steroid dienone is 1. The predicted molar refractivity (Wildman–Crippen MR) is 53.2 cm³/mol. The van der Waals surface area contributed by atoms with E-state index in [1.807, 2.05) is 30.3 Å². The lowest BCUT2D eigenvalue weighted by Gasteiger charge is -2.01. The lowest BCUT2D eigenvalue weighted by molar-refractivity contribution is -0.109. The third kappa shape index (κ3) is 3.11. The summed E-state index contributed by atoms with van der Waals surface area (Å²) in [7, 11) is 0. The molecule has 1 aromatic carbocycles. The van der Waals surface area contributed by atoms with E-state index >= 15 is 0 Å². The van der Waals surface area contributed by atoms with Gasteiger partial charge in [-0.3, -0.25) is 4.79 Å². The largest absolute Gasteiger partial charge is 0.355 e. The summed E-state index contributed by atoms with van der Waals surface area (Å²) in [5.74, 6) is 0. The molecule has 0 radical (unpaired) electrons. The molecular formula is C11H13NO. The van der Waals surface area contributed by atoms with Crippen LogP contribution >= 0.6 is 0 Å². The van der Waals surface area contributed by atoms with Gasteiger partial charge < -0.3 is 5.32 Å². The summed E-state index contributed by atoms with van der Waals surface area (Å²) in [6, 6.07) is 8.11. The van der Waals surface area contributed by atoms with Crippen LogP contribution in [0.3, 0.4) is 0 Å². The zero-order valence-corrected chi connectivity index (χ0v) is 7.49. The first-order valence-corrected chi connectivity index (χ1v) is 4.22. The zero-order chi connectivity index (χ0) is 9.52. The number of benzene rings is 1. The standard InChI is InChI=1S/C11H13NO/c1-2-3-10-4-6-11(7-5-10)8-12-9-13/h2,4-7,9H,1,3,8H2,(H,12,13). The van der Waals surface area contributed by atoms with Gasteiger partial charge >= 0.3 is 0 Å². The number of nitrogens with one attached hydrogen (secondary N) is 1. The molecule has 0 fully saturated rings. The summed E-state index contributed by atoms with van der Waals surface area (Å²) < 4.78 is 0. The lowest BCUT2D eigenvalue weighted by atomic mass is 10.1. The van der Waals surface area contributed by atoms with E-state index in [9.17, 15) is 4.79 Å². The van der Waals surface area contributed by atoms with Crippen LogP contribution in [0.4, 0.5) is 0 Å². The fourth-order valence-electron chi connectivity index (χ4n) is 1.12. The molecule has 0 spiro atoms. The average Bonchev–Trinajstić information content (AvgIpc) is 2.17. The maximum absolute atomic E-state index is 10.0. The minimum absolute atomic E-state index is 0.595. The molecule has 13 heavy (non-hydrogen) atoms. The van der Waals surface area contributed by atoms with Crippen LogP contribution in [0.5, 0.6) is 0 Å². The topological polar surface area (TPSA) is 29.1 Å². The molecule has 0 aliphatic carbocycles. The molecule has 68 valence electrons. The summed E-state index contributed by atoms with van der Waals surface area (Å²) in [5, 5.41) is 2.62. The van der Waals surface area contributed by atoms with Crippen LogP contribution in [0.2, 0.25) is 0 Å². The Bertz CT molecular complexity index is 277. The van der Waals surface area contributed by atoms with Gasteiger partial charge in [-0.05, 0) is 17.5 Å². The molecule has 0 atom stereocenters. The maximum atomic E-state index is 10.0. The first-order valence-electron chi connectivity index (χ1n) is 4.22. The summed E-state index contributed by atoms with van der Waals surface area (Å²) in [6.45, 7) is 4.26. The van der Waals surface area contributed by atoms with Gasteiger partial charge in [0.25, 0.3) is 0 Å². The Kier molecular flexibility index (Phi) is 3.76. The predicted octanol–water partition coefficient (Wildman–Crippen LogP) is 1.66. The molecule has 1 aromatic rings. The van der Waals surface area contributed by atoms with Gasteiger partial charge in [0.05, 0.1) is 0 Å². The molecule has 2 heteroatoms. The molecule has 2 nitrogen and oxygen atoms in total. The molecule has 0 unspecified atom stereocenters. The van der Waals surface area contributed by atoms with Crippen LogP contribution in [-0.2, 0) is 17.8 Å². The number of hydrogen-bond donors (Lipinski definition) is 1. The van der Waals surface area contributed by atoms with E-state index in [0.29, 0.717) is 13.0 Å². The Morgan fingerprint density at radius 3 is 2.38 bits per heavy atom. The van der Waals surface area contributed by atoms with Gasteiger partial charge in [0.15, 0.2) is 0 Å². The van der Waals surface area contributed by atoms with Crippen LogP contribution in [0.25, 0.3) is 0 Å². The molecule has 0 aliphatic heterocycles. The van der Waals surface area contributed by atoms with Gasteiger partial charge in [-0.2, -0.15) is 0 Å². The Morgan fingerprint density at radius 2 is 1.85 bits per heavy atom. The van der Waals surface area contributed by atoms with Crippen LogP contribution < -0.4 is 5.32 Å². The second kappa shape index (κ2) is 5.14. The number of carbonyl (C=O) groups is 1. The van der Waals surface area contributed by atoms with Gasteiger partial charge in [0, 0.05) is 6.54 Å². The summed E-state index contributed by atoms with van der Waals surface area (Å²) >= 11 is 0. The summed E-state index contributed by atoms with van der Waals surface area (Å²) in [5.41, 5.74) is 2.35. The molecule has 1 N–H and O–H groups in total. The van der Waals surface area contributed by atoms with Crippen molar-refractivity contribution in [3.8, 4) is 0 Å². The van der Waals surface area contributed by atoms with Crippen molar-refractivity contribution < 1.29 is 4.79 Å². The Hall–Kier alpha value is -1.57. The van der Waals surface area contributed by atoms with Gasteiger partial charge in [0.2, 0.25) is 6.41 Å². The van der Waals surface area contributed by atoms with Crippen LogP contribution in [0, 0.1) is 0 Å². The maximum Gasteiger partial charge on any atom is 0.207 e. The van der Waals surface area contributed by atoms with E-state index in [-0.39, 0.29) is 0 Å². The van der Waals surface area contributed by atoms with Crippen LogP contribution in [-0.4, -0.2) is 6.41 Å². The first kappa shape index (κ1) is 9.52. The number of amides is 1. The molecule has 0 heterocycles. The Balaban J connectivity index is 2.58. The average molecular weight is 175 g/mol. The van der Waals surface area contributed by atoms with Crippen molar-refractivity contribution >= 4 is 6.41 Å². The van der Waals surface area contributed by atoms with Crippen molar-refractivity contribution in [3.05, 3.63) is 48.0 Å². The SMILES string of the molecule is C=CCc1ccc(CNC=O)cc1. The van der Waals surface area contributed by atoms with E-state index < -0.39 is 0 Å². The monoisotopic (exact) mass is 175 g/mol. The quantitative estimate of drug-likeness (QED) is 0.535. The van der Waals surface area contributed by atoms with E-state index in [1.165, 1.54) is 5.56 Å². The number of rotatable bonds is 5. The number of hydrogen-bond acceptors (Lipinski definition) is 1. The minimum Gasteiger partial charge on any atom is -0.355 e. The van der Waals surface area contributed by atoms with Crippen LogP contribution in [0.15, 0.2) is 36.9 Å². The molecule has 1 rings (SSSR count). The van der Waals surface area contributed by atoms with Crippen molar-refractivity contribution in [2.75, 3.05) is 0 Å². The van der Waals surface area contributed by atoms with E-state index in [4.69, 9.17) is 0 Å². The van der Waals surface area contributed by atoms with Crippen LogP contribution in [0.1, 0.15) is 11.1 Å². The van der Waals surface area contributed by atoms with Crippen molar-refractivity contribution in [3.63, 3.8) is 0 Å². The van der Waals surface area contributed by atoms with Crippen molar-refractivity contribution in [1.29, 1.82) is 0 Å². The van der Waals surface area contributed by atoms with Gasteiger partial charge in [-0.25, -0.2) is 0 Å².